The van der Waals surface area contributed by atoms with Gasteiger partial charge in [0.25, 0.3) is 5.91 Å². The van der Waals surface area contributed by atoms with E-state index in [1.807, 2.05) is 0 Å². The number of morpholine rings is 1. The largest absolute Gasteiger partial charge is 0.508 e. The molecule has 3 aromatic carbocycles. The molecule has 1 saturated heterocycles. The zero-order valence-electron chi connectivity index (χ0n) is 19.2. The van der Waals surface area contributed by atoms with E-state index in [0.717, 1.165) is 5.56 Å². The van der Waals surface area contributed by atoms with E-state index in [1.54, 1.807) is 65.6 Å². The Bertz CT molecular complexity index is 1220. The van der Waals surface area contributed by atoms with Crippen LogP contribution in [-0.2, 0) is 20.7 Å². The third-order valence-electron chi connectivity index (χ3n) is 5.53. The van der Waals surface area contributed by atoms with Gasteiger partial charge in [-0.1, -0.05) is 23.7 Å². The minimum absolute atomic E-state index is 0.0428. The minimum atomic E-state index is -0.914. The molecule has 186 valence electrons. The molecule has 36 heavy (non-hydrogen) atoms. The number of carbonyl (C=O) groups is 3. The predicted molar refractivity (Wildman–Crippen MR) is 137 cm³/mol. The number of phenols is 1. The van der Waals surface area contributed by atoms with E-state index in [9.17, 15) is 19.5 Å². The van der Waals surface area contributed by atoms with E-state index < -0.39 is 18.0 Å². The maximum absolute atomic E-state index is 13.2. The van der Waals surface area contributed by atoms with Gasteiger partial charge in [-0.25, -0.2) is 4.79 Å². The molecule has 1 heterocycles. The van der Waals surface area contributed by atoms with Crippen LogP contribution in [0.15, 0.2) is 72.8 Å². The number of aromatic hydroxyl groups is 1. The summed E-state index contributed by atoms with van der Waals surface area (Å²) in [6, 6.07) is 18.4. The highest BCUT2D eigenvalue weighted by Gasteiger charge is 2.23. The van der Waals surface area contributed by atoms with Crippen molar-refractivity contribution in [3.05, 3.63) is 83.4 Å². The zero-order chi connectivity index (χ0) is 25.5. The molecule has 10 heteroatoms. The fourth-order valence-electron chi connectivity index (χ4n) is 3.68. The van der Waals surface area contributed by atoms with E-state index >= 15 is 0 Å². The smallest absolute Gasteiger partial charge is 0.319 e. The second-order valence-corrected chi connectivity index (χ2v) is 8.60. The Kier molecular flexibility index (Phi) is 8.04. The molecule has 1 aliphatic rings. The lowest BCUT2D eigenvalue weighted by Gasteiger charge is -2.27. The van der Waals surface area contributed by atoms with Crippen molar-refractivity contribution in [3.63, 3.8) is 0 Å². The number of anilines is 3. The van der Waals surface area contributed by atoms with E-state index in [2.05, 4.69) is 16.0 Å². The molecule has 0 radical (unpaired) electrons. The van der Waals surface area contributed by atoms with Gasteiger partial charge in [0.05, 0.1) is 6.61 Å². The van der Waals surface area contributed by atoms with Crippen molar-refractivity contribution in [2.24, 2.45) is 0 Å². The Hall–Kier alpha value is -4.08. The molecule has 4 amide bonds. The third kappa shape index (κ3) is 6.74. The van der Waals surface area contributed by atoms with Crippen LogP contribution in [0.5, 0.6) is 5.75 Å². The summed E-state index contributed by atoms with van der Waals surface area (Å²) in [5.74, 6) is -0.445. The fraction of sp³-hybridized carbons (Fsp3) is 0.192. The molecule has 1 fully saturated rings. The first kappa shape index (κ1) is 25.0. The molecule has 0 aliphatic carbocycles. The second-order valence-electron chi connectivity index (χ2n) is 8.16. The summed E-state index contributed by atoms with van der Waals surface area (Å²) in [5.41, 5.74) is 2.50. The quantitative estimate of drug-likeness (QED) is 0.387. The van der Waals surface area contributed by atoms with Crippen LogP contribution < -0.4 is 20.9 Å². The molecule has 1 aliphatic heterocycles. The van der Waals surface area contributed by atoms with Crippen molar-refractivity contribution < 1.29 is 24.2 Å². The van der Waals surface area contributed by atoms with E-state index in [0.29, 0.717) is 35.2 Å². The molecule has 9 nitrogen and oxygen atoms in total. The van der Waals surface area contributed by atoms with Gasteiger partial charge in [0, 0.05) is 35.1 Å². The summed E-state index contributed by atoms with van der Waals surface area (Å²) in [5, 5.41) is 18.3. The molecule has 0 spiro atoms. The number of ether oxygens (including phenoxy) is 1. The number of nitrogens with one attached hydrogen (secondary N) is 3. The summed E-state index contributed by atoms with van der Waals surface area (Å²) in [6.07, 6.45) is 0.195. The van der Waals surface area contributed by atoms with Crippen LogP contribution in [0.3, 0.4) is 0 Å². The number of halogens is 1. The van der Waals surface area contributed by atoms with Crippen molar-refractivity contribution in [2.75, 3.05) is 35.3 Å². The lowest BCUT2D eigenvalue weighted by Crippen LogP contribution is -2.47. The molecule has 0 bridgehead atoms. The van der Waals surface area contributed by atoms with Crippen molar-refractivity contribution in [2.45, 2.75) is 12.5 Å². The number of benzene rings is 3. The summed E-state index contributed by atoms with van der Waals surface area (Å²) in [6.45, 7) is 0.972. The first-order chi connectivity index (χ1) is 17.4. The lowest BCUT2D eigenvalue weighted by atomic mass is 10.0. The average molecular weight is 509 g/mol. The normalized spacial score (nSPS) is 14.1. The van der Waals surface area contributed by atoms with Gasteiger partial charge in [0.2, 0.25) is 5.91 Å². The molecule has 0 aromatic heterocycles. The molecular weight excluding hydrogens is 484 g/mol. The van der Waals surface area contributed by atoms with Crippen molar-refractivity contribution in [1.29, 1.82) is 0 Å². The number of phenolic OH excluding ortho intramolecular Hbond substituents is 1. The van der Waals surface area contributed by atoms with Crippen LogP contribution in [0.4, 0.5) is 21.9 Å². The van der Waals surface area contributed by atoms with E-state index in [4.69, 9.17) is 16.3 Å². The first-order valence-corrected chi connectivity index (χ1v) is 11.7. The highest BCUT2D eigenvalue weighted by molar-refractivity contribution is 6.30. The van der Waals surface area contributed by atoms with Gasteiger partial charge in [-0.3, -0.25) is 9.59 Å². The number of hydrogen-bond donors (Lipinski definition) is 4. The number of nitrogens with zero attached hydrogens (tertiary/aromatic N) is 1. The van der Waals surface area contributed by atoms with Crippen molar-refractivity contribution in [1.82, 2.24) is 5.32 Å². The first-order valence-electron chi connectivity index (χ1n) is 11.3. The molecule has 1 atom stereocenters. The highest BCUT2D eigenvalue weighted by atomic mass is 35.5. The molecule has 0 saturated carbocycles. The summed E-state index contributed by atoms with van der Waals surface area (Å²) in [7, 11) is 0. The van der Waals surface area contributed by atoms with Crippen LogP contribution in [-0.4, -0.2) is 48.8 Å². The second kappa shape index (κ2) is 11.6. The minimum Gasteiger partial charge on any atom is -0.508 e. The number of urea groups is 1. The predicted octanol–water partition coefficient (Wildman–Crippen LogP) is 3.78. The van der Waals surface area contributed by atoms with E-state index in [-0.39, 0.29) is 24.7 Å². The molecular formula is C26H25ClN4O5. The van der Waals surface area contributed by atoms with Gasteiger partial charge >= 0.3 is 6.03 Å². The Morgan fingerprint density at radius 1 is 0.944 bits per heavy atom. The van der Waals surface area contributed by atoms with Gasteiger partial charge in [-0.05, 0) is 66.2 Å². The Balaban J connectivity index is 1.45. The third-order valence-corrected chi connectivity index (χ3v) is 5.78. The lowest BCUT2D eigenvalue weighted by molar-refractivity contribution is -0.125. The molecule has 4 rings (SSSR count). The van der Waals surface area contributed by atoms with Crippen molar-refractivity contribution >= 4 is 46.5 Å². The van der Waals surface area contributed by atoms with Gasteiger partial charge < -0.3 is 30.7 Å². The van der Waals surface area contributed by atoms with Gasteiger partial charge in [-0.15, -0.1) is 0 Å². The molecule has 0 unspecified atom stereocenters. The van der Waals surface area contributed by atoms with Crippen LogP contribution in [0.2, 0.25) is 5.02 Å². The highest BCUT2D eigenvalue weighted by Crippen LogP contribution is 2.20. The van der Waals surface area contributed by atoms with Gasteiger partial charge in [0.15, 0.2) is 0 Å². The van der Waals surface area contributed by atoms with Crippen LogP contribution >= 0.6 is 11.6 Å². The maximum atomic E-state index is 13.2. The number of hydrogen-bond acceptors (Lipinski definition) is 5. The van der Waals surface area contributed by atoms with Crippen molar-refractivity contribution in [3.8, 4) is 5.75 Å². The SMILES string of the molecule is O=C(Nc1ccc(Cl)cc1)N[C@H](Cc1ccc(O)cc1)C(=O)Nc1ccc(N2CCOCC2=O)cc1. The standard InChI is InChI=1S/C26H25ClN4O5/c27-18-3-5-20(6-4-18)29-26(35)30-23(15-17-1-11-22(32)12-2-17)25(34)28-19-7-9-21(10-8-19)31-13-14-36-16-24(31)33/h1-12,23,32H,13-16H2,(H,28,34)(H2,29,30,35)/t23-/m1/s1. The van der Waals surface area contributed by atoms with Crippen LogP contribution in [0.1, 0.15) is 5.56 Å². The summed E-state index contributed by atoms with van der Waals surface area (Å²) in [4.78, 5) is 39.5. The average Bonchev–Trinajstić information content (AvgIpc) is 2.87. The Labute approximate surface area is 213 Å². The van der Waals surface area contributed by atoms with E-state index in [1.165, 1.54) is 12.1 Å². The molecule has 3 aromatic rings. The zero-order valence-corrected chi connectivity index (χ0v) is 20.0. The van der Waals surface area contributed by atoms with Gasteiger partial charge in [-0.2, -0.15) is 0 Å². The Morgan fingerprint density at radius 2 is 1.58 bits per heavy atom. The number of rotatable bonds is 7. The number of carbonyl (C=O) groups excluding carboxylic acids is 3. The fourth-order valence-corrected chi connectivity index (χ4v) is 3.81. The summed E-state index contributed by atoms with van der Waals surface area (Å²) >= 11 is 5.89. The van der Waals surface area contributed by atoms with Crippen LogP contribution in [0, 0.1) is 0 Å². The number of amides is 4. The maximum Gasteiger partial charge on any atom is 0.319 e. The monoisotopic (exact) mass is 508 g/mol. The Morgan fingerprint density at radius 3 is 2.25 bits per heavy atom. The summed E-state index contributed by atoms with van der Waals surface area (Å²) < 4.78 is 5.16. The van der Waals surface area contributed by atoms with Crippen LogP contribution in [0.25, 0.3) is 0 Å². The topological polar surface area (TPSA) is 120 Å². The molecule has 4 N–H and O–H groups in total. The van der Waals surface area contributed by atoms with Gasteiger partial charge in [0.1, 0.15) is 18.4 Å².